The summed E-state index contributed by atoms with van der Waals surface area (Å²) in [5, 5.41) is 2.68. The second-order valence-corrected chi connectivity index (χ2v) is 6.52. The van der Waals surface area contributed by atoms with E-state index in [1.807, 2.05) is 24.3 Å². The summed E-state index contributed by atoms with van der Waals surface area (Å²) in [6.07, 6.45) is 1.35. The molecule has 0 saturated carbocycles. The van der Waals surface area contributed by atoms with E-state index in [4.69, 9.17) is 5.73 Å². The van der Waals surface area contributed by atoms with E-state index in [0.717, 1.165) is 12.0 Å². The van der Waals surface area contributed by atoms with E-state index < -0.39 is 17.4 Å². The molecular formula is C18H26N2O3. The minimum absolute atomic E-state index is 0.000321. The molecule has 0 saturated heterocycles. The van der Waals surface area contributed by atoms with E-state index in [9.17, 15) is 14.4 Å². The van der Waals surface area contributed by atoms with Crippen LogP contribution in [0.5, 0.6) is 0 Å². The van der Waals surface area contributed by atoms with E-state index in [1.54, 1.807) is 13.8 Å². The molecule has 1 rings (SSSR count). The lowest BCUT2D eigenvalue weighted by atomic mass is 9.84. The monoisotopic (exact) mass is 318 g/mol. The number of primary amides is 1. The van der Waals surface area contributed by atoms with Gasteiger partial charge in [0.2, 0.25) is 11.8 Å². The van der Waals surface area contributed by atoms with Crippen LogP contribution in [0.3, 0.4) is 0 Å². The number of rotatable bonds is 8. The quantitative estimate of drug-likeness (QED) is 0.765. The summed E-state index contributed by atoms with van der Waals surface area (Å²) in [5.74, 6) is -0.992. The number of nitrogens with one attached hydrogen (secondary N) is 1. The molecular weight excluding hydrogens is 292 g/mol. The molecule has 0 aliphatic heterocycles. The molecule has 5 nitrogen and oxygen atoms in total. The van der Waals surface area contributed by atoms with Gasteiger partial charge in [0.25, 0.3) is 0 Å². The number of aryl methyl sites for hydroxylation is 1. The maximum absolute atomic E-state index is 12.5. The average Bonchev–Trinajstić information content (AvgIpc) is 2.46. The van der Waals surface area contributed by atoms with Crippen molar-refractivity contribution >= 4 is 17.6 Å². The van der Waals surface area contributed by atoms with Crippen LogP contribution in [0, 0.1) is 5.41 Å². The summed E-state index contributed by atoms with van der Waals surface area (Å²) in [4.78, 5) is 35.3. The van der Waals surface area contributed by atoms with Gasteiger partial charge in [-0.25, -0.2) is 0 Å². The number of ketones is 1. The third-order valence-corrected chi connectivity index (χ3v) is 3.92. The van der Waals surface area contributed by atoms with Crippen LogP contribution in [-0.2, 0) is 27.2 Å². The van der Waals surface area contributed by atoms with E-state index in [0.29, 0.717) is 6.42 Å². The zero-order valence-corrected chi connectivity index (χ0v) is 14.3. The van der Waals surface area contributed by atoms with Crippen molar-refractivity contribution in [2.24, 2.45) is 11.1 Å². The highest BCUT2D eigenvalue weighted by molar-refractivity contribution is 5.93. The van der Waals surface area contributed by atoms with Crippen LogP contribution in [0.25, 0.3) is 0 Å². The van der Waals surface area contributed by atoms with Crippen molar-refractivity contribution in [1.82, 2.24) is 5.32 Å². The Morgan fingerprint density at radius 3 is 2.09 bits per heavy atom. The Kier molecular flexibility index (Phi) is 6.49. The summed E-state index contributed by atoms with van der Waals surface area (Å²) < 4.78 is 0. The summed E-state index contributed by atoms with van der Waals surface area (Å²) in [6, 6.07) is 7.29. The van der Waals surface area contributed by atoms with Crippen LogP contribution in [0.1, 0.15) is 45.2 Å². The van der Waals surface area contributed by atoms with Gasteiger partial charge < -0.3 is 11.1 Å². The normalized spacial score (nSPS) is 12.5. The molecule has 2 amide bonds. The van der Waals surface area contributed by atoms with Crippen molar-refractivity contribution < 1.29 is 14.4 Å². The van der Waals surface area contributed by atoms with E-state index in [2.05, 4.69) is 12.2 Å². The molecule has 0 aliphatic rings. The Morgan fingerprint density at radius 1 is 1.13 bits per heavy atom. The topological polar surface area (TPSA) is 89.3 Å². The van der Waals surface area contributed by atoms with Crippen LogP contribution in [-0.4, -0.2) is 23.6 Å². The number of nitrogens with two attached hydrogens (primary N) is 1. The molecule has 0 fully saturated rings. The molecule has 3 N–H and O–H groups in total. The van der Waals surface area contributed by atoms with Crippen molar-refractivity contribution in [2.75, 3.05) is 0 Å². The molecule has 0 bridgehead atoms. The number of benzene rings is 1. The molecule has 1 atom stereocenters. The SMILES string of the molecule is CCc1ccc(C[C@H](NC(C)=O)C(=O)CC(C)(C)C(N)=O)cc1. The van der Waals surface area contributed by atoms with Gasteiger partial charge in [-0.05, 0) is 24.0 Å². The van der Waals surface area contributed by atoms with Crippen molar-refractivity contribution in [3.8, 4) is 0 Å². The zero-order valence-electron chi connectivity index (χ0n) is 14.3. The summed E-state index contributed by atoms with van der Waals surface area (Å²) >= 11 is 0. The first-order chi connectivity index (χ1) is 10.7. The van der Waals surface area contributed by atoms with Gasteiger partial charge in [-0.1, -0.05) is 45.0 Å². The Hall–Kier alpha value is -2.17. The molecule has 1 aromatic rings. The number of carbonyl (C=O) groups is 3. The standard InChI is InChI=1S/C18H26N2O3/c1-5-13-6-8-14(9-7-13)10-15(20-12(2)21)16(22)11-18(3,4)17(19)23/h6-9,15H,5,10-11H2,1-4H3,(H2,19,23)(H,20,21)/t15-/m0/s1. The van der Waals surface area contributed by atoms with Gasteiger partial charge in [0.05, 0.1) is 11.5 Å². The summed E-state index contributed by atoms with van der Waals surface area (Å²) in [7, 11) is 0. The van der Waals surface area contributed by atoms with Crippen molar-refractivity contribution in [3.63, 3.8) is 0 Å². The lowest BCUT2D eigenvalue weighted by molar-refractivity contribution is -0.133. The maximum Gasteiger partial charge on any atom is 0.223 e. The fourth-order valence-corrected chi connectivity index (χ4v) is 2.28. The highest BCUT2D eigenvalue weighted by Gasteiger charge is 2.31. The third kappa shape index (κ3) is 5.85. The van der Waals surface area contributed by atoms with Gasteiger partial charge in [-0.3, -0.25) is 14.4 Å². The van der Waals surface area contributed by atoms with Crippen molar-refractivity contribution in [1.29, 1.82) is 0 Å². The Bertz CT molecular complexity index is 576. The van der Waals surface area contributed by atoms with Gasteiger partial charge >= 0.3 is 0 Å². The fraction of sp³-hybridized carbons (Fsp3) is 0.500. The zero-order chi connectivity index (χ0) is 17.6. The molecule has 0 radical (unpaired) electrons. The first-order valence-electron chi connectivity index (χ1n) is 7.83. The number of hydrogen-bond acceptors (Lipinski definition) is 3. The molecule has 0 spiro atoms. The van der Waals surface area contributed by atoms with Gasteiger partial charge in [0.1, 0.15) is 0 Å². The van der Waals surface area contributed by atoms with E-state index in [1.165, 1.54) is 12.5 Å². The van der Waals surface area contributed by atoms with Crippen molar-refractivity contribution in [3.05, 3.63) is 35.4 Å². The third-order valence-electron chi connectivity index (χ3n) is 3.92. The molecule has 1 aromatic carbocycles. The van der Waals surface area contributed by atoms with Gasteiger partial charge in [-0.2, -0.15) is 0 Å². The molecule has 0 aromatic heterocycles. The number of hydrogen-bond donors (Lipinski definition) is 2. The minimum Gasteiger partial charge on any atom is -0.369 e. The van der Waals surface area contributed by atoms with Crippen LogP contribution in [0.15, 0.2) is 24.3 Å². The lowest BCUT2D eigenvalue weighted by Gasteiger charge is -2.23. The Morgan fingerprint density at radius 2 is 1.65 bits per heavy atom. The predicted molar refractivity (Wildman–Crippen MR) is 89.7 cm³/mol. The summed E-state index contributed by atoms with van der Waals surface area (Å²) in [5.41, 5.74) is 6.57. The van der Waals surface area contributed by atoms with Crippen LogP contribution >= 0.6 is 0 Å². The van der Waals surface area contributed by atoms with Gasteiger partial charge in [-0.15, -0.1) is 0 Å². The largest absolute Gasteiger partial charge is 0.369 e. The first-order valence-corrected chi connectivity index (χ1v) is 7.83. The highest BCUT2D eigenvalue weighted by atomic mass is 16.2. The Balaban J connectivity index is 2.88. The van der Waals surface area contributed by atoms with Crippen LogP contribution in [0.2, 0.25) is 0 Å². The van der Waals surface area contributed by atoms with Crippen molar-refractivity contribution in [2.45, 2.75) is 53.0 Å². The minimum atomic E-state index is -0.931. The average molecular weight is 318 g/mol. The summed E-state index contributed by atoms with van der Waals surface area (Å²) in [6.45, 7) is 6.71. The lowest BCUT2D eigenvalue weighted by Crippen LogP contribution is -2.44. The highest BCUT2D eigenvalue weighted by Crippen LogP contribution is 2.21. The van der Waals surface area contributed by atoms with Gasteiger partial charge in [0, 0.05) is 13.3 Å². The predicted octanol–water partition coefficient (Wildman–Crippen LogP) is 1.77. The van der Waals surface area contributed by atoms with Gasteiger partial charge in [0.15, 0.2) is 5.78 Å². The smallest absolute Gasteiger partial charge is 0.223 e. The maximum atomic E-state index is 12.5. The number of Topliss-reactive ketones (excluding diaryl/α,β-unsaturated/α-hetero) is 1. The Labute approximate surface area is 137 Å². The second-order valence-electron chi connectivity index (χ2n) is 6.52. The molecule has 5 heteroatoms. The fourth-order valence-electron chi connectivity index (χ4n) is 2.28. The molecule has 0 aliphatic carbocycles. The van der Waals surface area contributed by atoms with Crippen LogP contribution in [0.4, 0.5) is 0 Å². The number of amides is 2. The van der Waals surface area contributed by atoms with E-state index in [-0.39, 0.29) is 18.1 Å². The number of carbonyl (C=O) groups excluding carboxylic acids is 3. The molecule has 23 heavy (non-hydrogen) atoms. The second kappa shape index (κ2) is 7.90. The first kappa shape index (κ1) is 18.9. The molecule has 0 heterocycles. The molecule has 0 unspecified atom stereocenters. The van der Waals surface area contributed by atoms with E-state index >= 15 is 0 Å². The van der Waals surface area contributed by atoms with Crippen LogP contribution < -0.4 is 11.1 Å². The molecule has 126 valence electrons.